The summed E-state index contributed by atoms with van der Waals surface area (Å²) in [5.41, 5.74) is 0.546. The van der Waals surface area contributed by atoms with Gasteiger partial charge in [0.1, 0.15) is 0 Å². The summed E-state index contributed by atoms with van der Waals surface area (Å²) >= 11 is 0. The molecule has 0 aliphatic carbocycles. The third-order valence-corrected chi connectivity index (χ3v) is 4.45. The first kappa shape index (κ1) is 13.8. The monoisotopic (exact) mass is 316 g/mol. The van der Waals surface area contributed by atoms with Crippen LogP contribution in [0.2, 0.25) is 0 Å². The second kappa shape index (κ2) is 4.69. The molecule has 0 radical (unpaired) electrons. The van der Waals surface area contributed by atoms with Crippen LogP contribution in [-0.4, -0.2) is 30.4 Å². The van der Waals surface area contributed by atoms with E-state index in [0.29, 0.717) is 5.56 Å². The lowest BCUT2D eigenvalue weighted by Gasteiger charge is -2.04. The summed E-state index contributed by atoms with van der Waals surface area (Å²) < 4.78 is 58.2. The lowest BCUT2D eigenvalue weighted by Crippen LogP contribution is -2.25. The summed E-state index contributed by atoms with van der Waals surface area (Å²) in [6, 6.07) is 4.18. The Balaban J connectivity index is 1.73. The molecule has 2 aromatic rings. The molecule has 3 rings (SSSR count). The van der Waals surface area contributed by atoms with Crippen molar-refractivity contribution < 1.29 is 26.7 Å². The average molecular weight is 316 g/mol. The van der Waals surface area contributed by atoms with Crippen molar-refractivity contribution in [1.82, 2.24) is 9.97 Å². The zero-order chi connectivity index (χ0) is 15.1. The molecule has 1 aliphatic heterocycles. The number of nitrogens with one attached hydrogen (secondary N) is 1. The molecule has 6 nitrogen and oxygen atoms in total. The number of rotatable bonds is 4. The number of alkyl halides is 2. The van der Waals surface area contributed by atoms with Gasteiger partial charge in [-0.25, -0.2) is 13.4 Å². The van der Waals surface area contributed by atoms with Crippen LogP contribution >= 0.6 is 0 Å². The van der Waals surface area contributed by atoms with E-state index >= 15 is 0 Å². The van der Waals surface area contributed by atoms with Crippen LogP contribution in [-0.2, 0) is 16.3 Å². The van der Waals surface area contributed by atoms with Crippen LogP contribution in [0, 0.1) is 0 Å². The van der Waals surface area contributed by atoms with Crippen molar-refractivity contribution in [3.05, 3.63) is 36.2 Å². The van der Waals surface area contributed by atoms with Gasteiger partial charge < -0.3 is 14.5 Å². The van der Waals surface area contributed by atoms with Gasteiger partial charge in [0.15, 0.2) is 11.5 Å². The lowest BCUT2D eigenvalue weighted by atomic mass is 10.1. The fraction of sp³-hybridized carbons (Fsp3) is 0.250. The van der Waals surface area contributed by atoms with Crippen molar-refractivity contribution in [3.63, 3.8) is 0 Å². The molecule has 1 N–H and O–H groups in total. The molecule has 0 spiro atoms. The van der Waals surface area contributed by atoms with Crippen molar-refractivity contribution in [1.29, 1.82) is 0 Å². The first-order valence-corrected chi connectivity index (χ1v) is 7.62. The first-order chi connectivity index (χ1) is 9.86. The standard InChI is InChI=1S/C12H10F2N2O4S/c13-12(14)19-9-2-1-8(7-10(9)20-12)3-6-21(17,18)11-15-4-5-16-11/h1-2,4-5,7H,3,6H2,(H,15,16). The van der Waals surface area contributed by atoms with Gasteiger partial charge in [0.05, 0.1) is 5.75 Å². The summed E-state index contributed by atoms with van der Waals surface area (Å²) in [5, 5.41) is -0.116. The molecule has 0 fully saturated rings. The normalized spacial score (nSPS) is 16.1. The highest BCUT2D eigenvalue weighted by Crippen LogP contribution is 2.41. The third kappa shape index (κ3) is 2.82. The Hall–Kier alpha value is -2.16. The summed E-state index contributed by atoms with van der Waals surface area (Å²) in [4.78, 5) is 6.21. The van der Waals surface area contributed by atoms with Crippen LogP contribution in [0.4, 0.5) is 8.78 Å². The maximum Gasteiger partial charge on any atom is 0.586 e. The number of aromatic nitrogens is 2. The van der Waals surface area contributed by atoms with Crippen LogP contribution < -0.4 is 9.47 Å². The number of aromatic amines is 1. The van der Waals surface area contributed by atoms with Crippen LogP contribution in [0.15, 0.2) is 35.7 Å². The number of nitrogens with zero attached hydrogens (tertiary/aromatic N) is 1. The quantitative estimate of drug-likeness (QED) is 0.929. The average Bonchev–Trinajstić information content (AvgIpc) is 3.01. The van der Waals surface area contributed by atoms with Crippen molar-refractivity contribution in [2.75, 3.05) is 5.75 Å². The van der Waals surface area contributed by atoms with Gasteiger partial charge in [-0.3, -0.25) is 0 Å². The predicted octanol–water partition coefficient (Wildman–Crippen LogP) is 1.75. The number of imidazole rings is 1. The Bertz CT molecular complexity index is 760. The number of ether oxygens (including phenoxy) is 2. The second-order valence-corrected chi connectivity index (χ2v) is 6.44. The number of sulfone groups is 1. The van der Waals surface area contributed by atoms with Crippen LogP contribution in [0.3, 0.4) is 0 Å². The fourth-order valence-corrected chi connectivity index (χ4v) is 3.09. The molecule has 1 aliphatic rings. The molecule has 0 unspecified atom stereocenters. The summed E-state index contributed by atoms with van der Waals surface area (Å²) in [5.74, 6) is -0.373. The number of aryl methyl sites for hydroxylation is 1. The molecule has 0 saturated carbocycles. The number of H-pyrrole nitrogens is 1. The molecule has 0 saturated heterocycles. The molecule has 0 bridgehead atoms. The number of halogens is 2. The Kier molecular flexibility index (Phi) is 3.08. The zero-order valence-electron chi connectivity index (χ0n) is 10.5. The molecule has 0 atom stereocenters. The first-order valence-electron chi connectivity index (χ1n) is 5.97. The maximum absolute atomic E-state index is 12.9. The Morgan fingerprint density at radius 1 is 1.24 bits per heavy atom. The largest absolute Gasteiger partial charge is 0.586 e. The molecule has 1 aromatic carbocycles. The summed E-state index contributed by atoms with van der Waals surface area (Å²) in [7, 11) is -3.54. The highest BCUT2D eigenvalue weighted by molar-refractivity contribution is 7.91. The number of fused-ring (bicyclic) bond motifs is 1. The molecule has 21 heavy (non-hydrogen) atoms. The summed E-state index contributed by atoms with van der Waals surface area (Å²) in [6.45, 7) is 0. The van der Waals surface area contributed by atoms with Gasteiger partial charge in [-0.2, -0.15) is 0 Å². The van der Waals surface area contributed by atoms with E-state index < -0.39 is 16.1 Å². The van der Waals surface area contributed by atoms with Gasteiger partial charge in [-0.15, -0.1) is 8.78 Å². The van der Waals surface area contributed by atoms with E-state index in [1.807, 2.05) is 0 Å². The Morgan fingerprint density at radius 3 is 2.71 bits per heavy atom. The molecular formula is C12H10F2N2O4S. The van der Waals surface area contributed by atoms with Crippen molar-refractivity contribution in [2.45, 2.75) is 17.9 Å². The Labute approximate surface area is 118 Å². The minimum absolute atomic E-state index is 0.0716. The van der Waals surface area contributed by atoms with E-state index in [4.69, 9.17) is 0 Å². The van der Waals surface area contributed by atoms with E-state index in [1.165, 1.54) is 30.6 Å². The van der Waals surface area contributed by atoms with Crippen molar-refractivity contribution >= 4 is 9.84 Å². The number of benzene rings is 1. The molecular weight excluding hydrogens is 306 g/mol. The van der Waals surface area contributed by atoms with Gasteiger partial charge in [-0.1, -0.05) is 6.07 Å². The molecule has 1 aromatic heterocycles. The number of hydrogen-bond donors (Lipinski definition) is 1. The second-order valence-electron chi connectivity index (χ2n) is 4.41. The minimum Gasteiger partial charge on any atom is -0.395 e. The van der Waals surface area contributed by atoms with Crippen molar-refractivity contribution in [2.24, 2.45) is 0 Å². The SMILES string of the molecule is O=S(=O)(CCc1ccc2c(c1)OC(F)(F)O2)c1ncc[nH]1. The van der Waals surface area contributed by atoms with Gasteiger partial charge in [0, 0.05) is 12.4 Å². The molecule has 0 amide bonds. The zero-order valence-corrected chi connectivity index (χ0v) is 11.4. The highest BCUT2D eigenvalue weighted by Gasteiger charge is 2.43. The van der Waals surface area contributed by atoms with Gasteiger partial charge in [-0.05, 0) is 24.1 Å². The molecule has 2 heterocycles. The van der Waals surface area contributed by atoms with Gasteiger partial charge in [0.25, 0.3) is 0 Å². The third-order valence-electron chi connectivity index (χ3n) is 2.89. The highest BCUT2D eigenvalue weighted by atomic mass is 32.2. The topological polar surface area (TPSA) is 81.3 Å². The molecule has 112 valence electrons. The van der Waals surface area contributed by atoms with E-state index in [2.05, 4.69) is 19.4 Å². The fourth-order valence-electron chi connectivity index (χ4n) is 1.92. The van der Waals surface area contributed by atoms with Crippen LogP contribution in [0.5, 0.6) is 11.5 Å². The van der Waals surface area contributed by atoms with Gasteiger partial charge >= 0.3 is 6.29 Å². The van der Waals surface area contributed by atoms with E-state index in [-0.39, 0.29) is 28.8 Å². The van der Waals surface area contributed by atoms with Crippen LogP contribution in [0.1, 0.15) is 5.56 Å². The maximum atomic E-state index is 12.9. The Morgan fingerprint density at radius 2 is 2.00 bits per heavy atom. The predicted molar refractivity (Wildman–Crippen MR) is 67.0 cm³/mol. The van der Waals surface area contributed by atoms with E-state index in [0.717, 1.165) is 0 Å². The summed E-state index contributed by atoms with van der Waals surface area (Å²) in [6.07, 6.45) is -0.780. The van der Waals surface area contributed by atoms with E-state index in [1.54, 1.807) is 0 Å². The van der Waals surface area contributed by atoms with Gasteiger partial charge in [0.2, 0.25) is 15.0 Å². The van der Waals surface area contributed by atoms with E-state index in [9.17, 15) is 17.2 Å². The number of hydrogen-bond acceptors (Lipinski definition) is 5. The minimum atomic E-state index is -3.68. The van der Waals surface area contributed by atoms with Crippen molar-refractivity contribution in [3.8, 4) is 11.5 Å². The molecule has 9 heteroatoms. The lowest BCUT2D eigenvalue weighted by molar-refractivity contribution is -0.286. The smallest absolute Gasteiger partial charge is 0.395 e. The van der Waals surface area contributed by atoms with Crippen LogP contribution in [0.25, 0.3) is 0 Å².